The van der Waals surface area contributed by atoms with Gasteiger partial charge in [-0.05, 0) is 24.8 Å². The summed E-state index contributed by atoms with van der Waals surface area (Å²) in [7, 11) is 0. The van der Waals surface area contributed by atoms with Crippen LogP contribution < -0.4 is 43.4 Å². The van der Waals surface area contributed by atoms with E-state index in [0.717, 1.165) is 18.4 Å². The fourth-order valence-electron chi connectivity index (χ4n) is 5.05. The number of nitrogens with one attached hydrogen (secondary N) is 7. The van der Waals surface area contributed by atoms with Gasteiger partial charge in [-0.1, -0.05) is 50.1 Å². The summed E-state index contributed by atoms with van der Waals surface area (Å²) in [5.74, 6) is -3.91. The molecule has 0 radical (unpaired) electrons. The molecule has 0 saturated carbocycles. The fourth-order valence-corrected chi connectivity index (χ4v) is 5.05. The van der Waals surface area contributed by atoms with Crippen molar-refractivity contribution >= 4 is 41.4 Å². The lowest BCUT2D eigenvalue weighted by molar-refractivity contribution is -0.135. The number of benzene rings is 1. The van der Waals surface area contributed by atoms with E-state index in [0.29, 0.717) is 18.5 Å². The average molecular weight is 682 g/mol. The van der Waals surface area contributed by atoms with Gasteiger partial charge in [0, 0.05) is 44.2 Å². The topological polar surface area (TPSA) is 268 Å². The van der Waals surface area contributed by atoms with Crippen LogP contribution in [0.1, 0.15) is 56.7 Å². The predicted molar refractivity (Wildman–Crippen MR) is 180 cm³/mol. The number of hydrogen-bond acceptors (Lipinski definition) is 8. The molecule has 1 aromatic carbocycles. The molecule has 1 fully saturated rings. The van der Waals surface area contributed by atoms with Gasteiger partial charge in [-0.15, -0.1) is 0 Å². The maximum atomic E-state index is 13.9. The van der Waals surface area contributed by atoms with Crippen molar-refractivity contribution in [3.05, 3.63) is 54.1 Å². The minimum Gasteiger partial charge on any atom is -0.370 e. The van der Waals surface area contributed by atoms with Crippen LogP contribution in [-0.2, 0) is 41.6 Å². The molecule has 2 aromatic rings. The molecule has 4 atom stereocenters. The number of amides is 6. The third-order valence-electron chi connectivity index (χ3n) is 7.69. The van der Waals surface area contributed by atoms with E-state index in [-0.39, 0.29) is 44.7 Å². The summed E-state index contributed by atoms with van der Waals surface area (Å²) in [5.41, 5.74) is 12.1. The Bertz CT molecular complexity index is 1430. The second-order valence-electron chi connectivity index (χ2n) is 11.7. The number of aromatic amines is 1. The summed E-state index contributed by atoms with van der Waals surface area (Å²) < 4.78 is 0. The first kappa shape index (κ1) is 38.0. The third kappa shape index (κ3) is 13.6. The number of unbranched alkanes of at least 4 members (excludes halogenated alkanes) is 2. The molecule has 0 spiro atoms. The van der Waals surface area contributed by atoms with Crippen LogP contribution in [0.2, 0.25) is 0 Å². The molecular formula is C32H47N11O6. The molecule has 17 heteroatoms. The van der Waals surface area contributed by atoms with E-state index in [1.807, 2.05) is 13.0 Å². The molecule has 0 bridgehead atoms. The lowest BCUT2D eigenvalue weighted by atomic mass is 10.0. The zero-order chi connectivity index (χ0) is 35.6. The normalized spacial score (nSPS) is 21.0. The van der Waals surface area contributed by atoms with E-state index in [9.17, 15) is 28.8 Å². The second-order valence-corrected chi connectivity index (χ2v) is 11.7. The van der Waals surface area contributed by atoms with Gasteiger partial charge in [0.25, 0.3) is 0 Å². The van der Waals surface area contributed by atoms with Crippen LogP contribution in [0.5, 0.6) is 0 Å². The van der Waals surface area contributed by atoms with Crippen molar-refractivity contribution in [2.45, 2.75) is 82.5 Å². The summed E-state index contributed by atoms with van der Waals surface area (Å²) in [6, 6.07) is 4.21. The Kier molecular flexibility index (Phi) is 15.5. The maximum Gasteiger partial charge on any atom is 0.245 e. The Hall–Kier alpha value is -5.48. The van der Waals surface area contributed by atoms with E-state index in [1.54, 1.807) is 24.3 Å². The molecule has 1 aliphatic rings. The highest BCUT2D eigenvalue weighted by molar-refractivity contribution is 5.96. The van der Waals surface area contributed by atoms with Crippen LogP contribution in [0, 0.1) is 0 Å². The smallest absolute Gasteiger partial charge is 0.245 e. The molecule has 1 aromatic heterocycles. The predicted octanol–water partition coefficient (Wildman–Crippen LogP) is -1.99. The van der Waals surface area contributed by atoms with Gasteiger partial charge in [0.2, 0.25) is 35.4 Å². The SMILES string of the molecule is CCCCCC(=O)N[C@H]1CNC(=O)CNC(=O)[C@H](CCCN=C(N)N)NC(=O)[C@@H](Cc2ccccc2)NC(=O)[C@H](Cc2cnc[nH]2)NC1=O. The Labute approximate surface area is 284 Å². The minimum atomic E-state index is -1.24. The van der Waals surface area contributed by atoms with Crippen molar-refractivity contribution in [1.82, 2.24) is 41.9 Å². The van der Waals surface area contributed by atoms with Gasteiger partial charge in [-0.3, -0.25) is 33.8 Å². The Balaban J connectivity index is 1.95. The van der Waals surface area contributed by atoms with Crippen molar-refractivity contribution < 1.29 is 28.8 Å². The zero-order valence-corrected chi connectivity index (χ0v) is 27.6. The molecule has 49 heavy (non-hydrogen) atoms. The third-order valence-corrected chi connectivity index (χ3v) is 7.69. The minimum absolute atomic E-state index is 0.0312. The van der Waals surface area contributed by atoms with E-state index in [4.69, 9.17) is 11.5 Å². The number of carbonyl (C=O) groups is 6. The van der Waals surface area contributed by atoms with Crippen LogP contribution >= 0.6 is 0 Å². The van der Waals surface area contributed by atoms with Crippen molar-refractivity contribution in [1.29, 1.82) is 0 Å². The first-order chi connectivity index (χ1) is 23.5. The molecule has 17 nitrogen and oxygen atoms in total. The zero-order valence-electron chi connectivity index (χ0n) is 27.6. The van der Waals surface area contributed by atoms with E-state index in [2.05, 4.69) is 46.9 Å². The lowest BCUT2D eigenvalue weighted by Crippen LogP contribution is -2.61. The molecule has 2 heterocycles. The molecule has 3 rings (SSSR count). The molecule has 0 unspecified atom stereocenters. The number of aliphatic imine (C=N–C) groups is 1. The lowest BCUT2D eigenvalue weighted by Gasteiger charge is -2.27. The van der Waals surface area contributed by atoms with Gasteiger partial charge in [0.1, 0.15) is 24.2 Å². The van der Waals surface area contributed by atoms with Crippen LogP contribution in [0.4, 0.5) is 0 Å². The summed E-state index contributed by atoms with van der Waals surface area (Å²) in [6.45, 7) is 1.40. The summed E-state index contributed by atoms with van der Waals surface area (Å²) >= 11 is 0. The van der Waals surface area contributed by atoms with E-state index in [1.165, 1.54) is 12.5 Å². The standard InChI is InChI=1S/C32H47N11O6/c1-2-3-5-12-26(44)40-25-17-37-27(45)18-38-28(46)22(11-8-13-36-32(33)34)41-29(47)23(14-20-9-6-4-7-10-20)42-30(48)24(43-31(25)49)15-21-16-35-19-39-21/h4,6-7,9-10,16,19,22-25H,2-3,5,8,11-15,17-18H2,1H3,(H,35,39)(H,37,45)(H,38,46)(H,40,44)(H,41,47)(H,42,48)(H,43,49)(H4,33,34,36)/t22-,23+,24-,25-/m0/s1. The number of hydrogen-bond donors (Lipinski definition) is 9. The van der Waals surface area contributed by atoms with Crippen LogP contribution in [0.25, 0.3) is 0 Å². The molecule has 0 aliphatic carbocycles. The largest absolute Gasteiger partial charge is 0.370 e. The van der Waals surface area contributed by atoms with Gasteiger partial charge >= 0.3 is 0 Å². The summed E-state index contributed by atoms with van der Waals surface area (Å²) in [6.07, 6.45) is 5.86. The molecule has 1 aliphatic heterocycles. The van der Waals surface area contributed by atoms with Crippen molar-refractivity contribution in [2.75, 3.05) is 19.6 Å². The number of carbonyl (C=O) groups excluding carboxylic acids is 6. The van der Waals surface area contributed by atoms with Gasteiger partial charge in [0.15, 0.2) is 5.96 Å². The Morgan fingerprint density at radius 2 is 1.57 bits per heavy atom. The van der Waals surface area contributed by atoms with Gasteiger partial charge < -0.3 is 48.4 Å². The number of nitrogens with zero attached hydrogens (tertiary/aromatic N) is 2. The van der Waals surface area contributed by atoms with Gasteiger partial charge in [-0.2, -0.15) is 0 Å². The average Bonchev–Trinajstić information content (AvgIpc) is 3.59. The number of rotatable bonds is 13. The molecular weight excluding hydrogens is 634 g/mol. The van der Waals surface area contributed by atoms with E-state index >= 15 is 0 Å². The molecule has 11 N–H and O–H groups in total. The monoisotopic (exact) mass is 681 g/mol. The van der Waals surface area contributed by atoms with Gasteiger partial charge in [0.05, 0.1) is 12.9 Å². The second kappa shape index (κ2) is 20.0. The van der Waals surface area contributed by atoms with E-state index < -0.39 is 66.2 Å². The molecule has 6 amide bonds. The quantitative estimate of drug-likeness (QED) is 0.0643. The number of H-pyrrole nitrogens is 1. The number of imidazole rings is 1. The number of guanidine groups is 1. The summed E-state index contributed by atoms with van der Waals surface area (Å²) in [5, 5.41) is 15.8. The van der Waals surface area contributed by atoms with Crippen LogP contribution in [0.15, 0.2) is 47.8 Å². The van der Waals surface area contributed by atoms with Crippen LogP contribution in [0.3, 0.4) is 0 Å². The van der Waals surface area contributed by atoms with Crippen molar-refractivity contribution in [3.8, 4) is 0 Å². The van der Waals surface area contributed by atoms with Crippen molar-refractivity contribution in [3.63, 3.8) is 0 Å². The first-order valence-electron chi connectivity index (χ1n) is 16.4. The highest BCUT2D eigenvalue weighted by Crippen LogP contribution is 2.08. The first-order valence-corrected chi connectivity index (χ1v) is 16.4. The Morgan fingerprint density at radius 3 is 2.24 bits per heavy atom. The van der Waals surface area contributed by atoms with Crippen LogP contribution in [-0.4, -0.2) is 95.2 Å². The Morgan fingerprint density at radius 1 is 0.878 bits per heavy atom. The highest BCUT2D eigenvalue weighted by atomic mass is 16.2. The maximum absolute atomic E-state index is 13.9. The molecule has 266 valence electrons. The highest BCUT2D eigenvalue weighted by Gasteiger charge is 2.32. The van der Waals surface area contributed by atoms with Gasteiger partial charge in [-0.25, -0.2) is 4.98 Å². The number of nitrogens with two attached hydrogens (primary N) is 2. The fraction of sp³-hybridized carbons (Fsp3) is 0.500. The number of aromatic nitrogens is 2. The van der Waals surface area contributed by atoms with Crippen molar-refractivity contribution in [2.24, 2.45) is 16.5 Å². The summed E-state index contributed by atoms with van der Waals surface area (Å²) in [4.78, 5) is 90.9. The molecule has 1 saturated heterocycles.